The zero-order valence-corrected chi connectivity index (χ0v) is 22.3. The molecule has 7 nitrogen and oxygen atoms in total. The number of phenols is 1. The van der Waals surface area contributed by atoms with Crippen molar-refractivity contribution in [3.63, 3.8) is 0 Å². The molecule has 1 saturated heterocycles. The van der Waals surface area contributed by atoms with Crippen LogP contribution >= 0.6 is 0 Å². The predicted molar refractivity (Wildman–Crippen MR) is 137 cm³/mol. The van der Waals surface area contributed by atoms with Crippen LogP contribution in [0.25, 0.3) is 0 Å². The molecular weight excluding hydrogens is 502 g/mol. The van der Waals surface area contributed by atoms with Gasteiger partial charge in [-0.3, -0.25) is 0 Å². The highest BCUT2D eigenvalue weighted by molar-refractivity contribution is 7.88. The molecule has 37 heavy (non-hydrogen) atoms. The second kappa shape index (κ2) is 11.6. The number of hydrogen-bond acceptors (Lipinski definition) is 6. The van der Waals surface area contributed by atoms with Gasteiger partial charge in [0.05, 0.1) is 26.1 Å². The van der Waals surface area contributed by atoms with Gasteiger partial charge in [-0.25, -0.2) is 17.2 Å². The highest BCUT2D eigenvalue weighted by Crippen LogP contribution is 2.38. The van der Waals surface area contributed by atoms with Crippen LogP contribution in [0, 0.1) is 11.6 Å². The van der Waals surface area contributed by atoms with E-state index in [-0.39, 0.29) is 42.3 Å². The molecule has 0 radical (unpaired) electrons. The fraction of sp³-hybridized carbons (Fsp3) is 0.556. The van der Waals surface area contributed by atoms with Gasteiger partial charge in [-0.05, 0) is 74.3 Å². The zero-order valence-electron chi connectivity index (χ0n) is 21.5. The van der Waals surface area contributed by atoms with Gasteiger partial charge in [-0.1, -0.05) is 12.1 Å². The molecule has 0 unspecified atom stereocenters. The number of benzene rings is 2. The number of hydrogen-bond donors (Lipinski definition) is 2. The van der Waals surface area contributed by atoms with E-state index in [4.69, 9.17) is 9.47 Å². The van der Waals surface area contributed by atoms with E-state index in [0.29, 0.717) is 44.5 Å². The summed E-state index contributed by atoms with van der Waals surface area (Å²) in [5, 5.41) is 13.1. The van der Waals surface area contributed by atoms with Crippen LogP contribution in [0.4, 0.5) is 8.78 Å². The van der Waals surface area contributed by atoms with Gasteiger partial charge in [0, 0.05) is 30.7 Å². The van der Waals surface area contributed by atoms with Crippen molar-refractivity contribution in [1.82, 2.24) is 9.62 Å². The molecule has 2 N–H and O–H groups in total. The number of ether oxygens (including phenoxy) is 2. The lowest BCUT2D eigenvalue weighted by Gasteiger charge is -2.33. The van der Waals surface area contributed by atoms with E-state index in [1.807, 2.05) is 31.2 Å². The van der Waals surface area contributed by atoms with E-state index in [1.165, 1.54) is 6.26 Å². The number of sulfonamides is 1. The minimum Gasteiger partial charge on any atom is -0.505 e. The largest absolute Gasteiger partial charge is 0.505 e. The molecule has 2 aliphatic rings. The van der Waals surface area contributed by atoms with E-state index >= 15 is 0 Å². The highest BCUT2D eigenvalue weighted by atomic mass is 32.2. The van der Waals surface area contributed by atoms with E-state index < -0.39 is 27.4 Å². The van der Waals surface area contributed by atoms with E-state index in [9.17, 15) is 22.3 Å². The minimum absolute atomic E-state index is 0.0481. The summed E-state index contributed by atoms with van der Waals surface area (Å²) in [6, 6.07) is 9.04. The Hall–Kier alpha value is -2.27. The average molecular weight is 539 g/mol. The maximum Gasteiger partial charge on any atom is 0.211 e. The molecule has 1 saturated carbocycles. The molecule has 204 valence electrons. The molecule has 0 aromatic heterocycles. The van der Waals surface area contributed by atoms with Crippen LogP contribution in [-0.2, 0) is 21.3 Å². The van der Waals surface area contributed by atoms with Crippen molar-refractivity contribution in [2.75, 3.05) is 20.0 Å². The number of nitrogens with one attached hydrogen (secondary N) is 1. The van der Waals surface area contributed by atoms with Crippen molar-refractivity contribution in [1.29, 1.82) is 0 Å². The number of nitrogens with zero attached hydrogens (tertiary/aromatic N) is 1. The standard InChI is InChI=1S/C27H36F2N2O5S/c1-17-12-25(31(37(3,33)34)15-18-4-8-21(35-2)9-5-18)24(30-17)16-36-22-10-6-19(7-11-22)23-13-20(28)14-26(32)27(23)29/h4-5,8-9,13-14,17,19,22,24-25,30,32H,6-7,10-12,15-16H2,1-3H3/t17-,19?,22?,24+,25+/m1/s1. The quantitative estimate of drug-likeness (QED) is 0.495. The van der Waals surface area contributed by atoms with Crippen molar-refractivity contribution in [3.8, 4) is 11.5 Å². The Kier molecular flexibility index (Phi) is 8.73. The van der Waals surface area contributed by atoms with Gasteiger partial charge >= 0.3 is 0 Å². The Morgan fingerprint density at radius 3 is 2.41 bits per heavy atom. The highest BCUT2D eigenvalue weighted by Gasteiger charge is 2.40. The summed E-state index contributed by atoms with van der Waals surface area (Å²) in [6.45, 7) is 2.65. The summed E-state index contributed by atoms with van der Waals surface area (Å²) in [7, 11) is -1.90. The molecule has 2 fully saturated rings. The second-order valence-electron chi connectivity index (χ2n) is 10.3. The normalized spacial score (nSPS) is 26.5. The third-order valence-corrected chi connectivity index (χ3v) is 8.78. The maximum absolute atomic E-state index is 14.3. The molecule has 0 spiro atoms. The Morgan fingerprint density at radius 1 is 1.11 bits per heavy atom. The minimum atomic E-state index is -3.49. The number of halogens is 2. The van der Waals surface area contributed by atoms with Crippen molar-refractivity contribution in [2.45, 2.75) is 75.7 Å². The first-order valence-corrected chi connectivity index (χ1v) is 14.5. The average Bonchev–Trinajstić information content (AvgIpc) is 3.23. The van der Waals surface area contributed by atoms with E-state index in [2.05, 4.69) is 5.32 Å². The van der Waals surface area contributed by atoms with Gasteiger partial charge in [0.15, 0.2) is 11.6 Å². The lowest BCUT2D eigenvalue weighted by atomic mass is 9.82. The molecule has 4 rings (SSSR count). The van der Waals surface area contributed by atoms with Crippen molar-refractivity contribution in [2.24, 2.45) is 0 Å². The Bertz CT molecular complexity index is 1170. The van der Waals surface area contributed by atoms with Crippen LogP contribution in [0.3, 0.4) is 0 Å². The van der Waals surface area contributed by atoms with Crippen LogP contribution in [0.5, 0.6) is 11.5 Å². The lowest BCUT2D eigenvalue weighted by Crippen LogP contribution is -2.48. The Morgan fingerprint density at radius 2 is 1.78 bits per heavy atom. The first-order valence-electron chi connectivity index (χ1n) is 12.7. The van der Waals surface area contributed by atoms with Gasteiger partial charge < -0.3 is 19.9 Å². The summed E-state index contributed by atoms with van der Waals surface area (Å²) >= 11 is 0. The number of aromatic hydroxyl groups is 1. The SMILES string of the molecule is COc1ccc(CN([C@H]2C[C@@H](C)N[C@H]2COC2CCC(c3cc(F)cc(O)c3F)CC2)S(C)(=O)=O)cc1. The molecule has 0 bridgehead atoms. The lowest BCUT2D eigenvalue weighted by molar-refractivity contribution is 0.00754. The first-order chi connectivity index (χ1) is 17.5. The van der Waals surface area contributed by atoms with Crippen LogP contribution < -0.4 is 10.1 Å². The number of phenolic OH excluding ortho intramolecular Hbond substituents is 1. The first kappa shape index (κ1) is 27.8. The summed E-state index contributed by atoms with van der Waals surface area (Å²) in [4.78, 5) is 0. The van der Waals surface area contributed by atoms with Crippen LogP contribution in [0.2, 0.25) is 0 Å². The molecule has 2 aromatic rings. The Balaban J connectivity index is 1.38. The maximum atomic E-state index is 14.3. The zero-order chi connectivity index (χ0) is 26.7. The summed E-state index contributed by atoms with van der Waals surface area (Å²) in [5.74, 6) is -1.53. The van der Waals surface area contributed by atoms with E-state index in [0.717, 1.165) is 17.7 Å². The molecular formula is C27H36F2N2O5S. The molecule has 3 atom stereocenters. The van der Waals surface area contributed by atoms with Crippen molar-refractivity contribution in [3.05, 3.63) is 59.2 Å². The number of rotatable bonds is 9. The van der Waals surface area contributed by atoms with Gasteiger partial charge in [-0.15, -0.1) is 0 Å². The molecule has 0 amide bonds. The van der Waals surface area contributed by atoms with Crippen LogP contribution in [0.1, 0.15) is 56.1 Å². The monoisotopic (exact) mass is 538 g/mol. The molecule has 1 heterocycles. The summed E-state index contributed by atoms with van der Waals surface area (Å²) in [5.41, 5.74) is 1.09. The fourth-order valence-corrected chi connectivity index (χ4v) is 6.72. The molecule has 1 aliphatic carbocycles. The van der Waals surface area contributed by atoms with Gasteiger partial charge in [0.25, 0.3) is 0 Å². The molecule has 10 heteroatoms. The van der Waals surface area contributed by atoms with Gasteiger partial charge in [0.1, 0.15) is 11.6 Å². The number of methoxy groups -OCH3 is 1. The summed E-state index contributed by atoms with van der Waals surface area (Å²) < 4.78 is 66.7. The molecule has 1 aliphatic heterocycles. The van der Waals surface area contributed by atoms with Gasteiger partial charge in [0.2, 0.25) is 10.0 Å². The Labute approximate surface area is 217 Å². The third kappa shape index (κ3) is 6.79. The molecule has 2 aromatic carbocycles. The fourth-order valence-electron chi connectivity index (χ4n) is 5.61. The van der Waals surface area contributed by atoms with Crippen molar-refractivity contribution < 1.29 is 31.8 Å². The second-order valence-corrected chi connectivity index (χ2v) is 12.2. The predicted octanol–water partition coefficient (Wildman–Crippen LogP) is 4.30. The van der Waals surface area contributed by atoms with Gasteiger partial charge in [-0.2, -0.15) is 4.31 Å². The summed E-state index contributed by atoms with van der Waals surface area (Å²) in [6.07, 6.45) is 4.46. The van der Waals surface area contributed by atoms with Crippen molar-refractivity contribution >= 4 is 10.0 Å². The topological polar surface area (TPSA) is 88.1 Å². The third-order valence-electron chi connectivity index (χ3n) is 7.52. The van der Waals surface area contributed by atoms with Crippen LogP contribution in [-0.4, -0.2) is 62.0 Å². The van der Waals surface area contributed by atoms with E-state index in [1.54, 1.807) is 11.4 Å². The smallest absolute Gasteiger partial charge is 0.211 e. The van der Waals surface area contributed by atoms with Crippen LogP contribution in [0.15, 0.2) is 36.4 Å².